The SMILES string of the molecule is CCCCCC(=O)OCc1ccc(CC)nc1. The first-order chi connectivity index (χ1) is 8.26. The van der Waals surface area contributed by atoms with E-state index in [-0.39, 0.29) is 5.97 Å². The molecule has 0 amide bonds. The van der Waals surface area contributed by atoms with Gasteiger partial charge in [-0.2, -0.15) is 0 Å². The quantitative estimate of drug-likeness (QED) is 0.538. The van der Waals surface area contributed by atoms with Gasteiger partial charge in [0, 0.05) is 23.9 Å². The first-order valence-electron chi connectivity index (χ1n) is 6.35. The van der Waals surface area contributed by atoms with Crippen LogP contribution in [-0.2, 0) is 22.6 Å². The average Bonchev–Trinajstić information content (AvgIpc) is 2.37. The van der Waals surface area contributed by atoms with Crippen LogP contribution in [0.5, 0.6) is 0 Å². The minimum atomic E-state index is -0.113. The Bertz CT molecular complexity index is 333. The van der Waals surface area contributed by atoms with E-state index in [4.69, 9.17) is 4.74 Å². The van der Waals surface area contributed by atoms with Gasteiger partial charge in [-0.25, -0.2) is 0 Å². The predicted octanol–water partition coefficient (Wildman–Crippen LogP) is 3.27. The van der Waals surface area contributed by atoms with E-state index in [0.717, 1.165) is 36.9 Å². The van der Waals surface area contributed by atoms with Crippen molar-refractivity contribution in [2.24, 2.45) is 0 Å². The van der Waals surface area contributed by atoms with Gasteiger partial charge >= 0.3 is 5.97 Å². The number of carbonyl (C=O) groups is 1. The molecule has 0 aromatic carbocycles. The highest BCUT2D eigenvalue weighted by molar-refractivity contribution is 5.69. The minimum absolute atomic E-state index is 0.113. The topological polar surface area (TPSA) is 39.2 Å². The van der Waals surface area contributed by atoms with Crippen LogP contribution < -0.4 is 0 Å². The second-order valence-electron chi connectivity index (χ2n) is 4.13. The van der Waals surface area contributed by atoms with Gasteiger partial charge in [0.15, 0.2) is 0 Å². The molecule has 0 radical (unpaired) electrons. The van der Waals surface area contributed by atoms with E-state index in [9.17, 15) is 4.79 Å². The molecule has 0 saturated carbocycles. The second kappa shape index (κ2) is 7.82. The molecule has 0 bridgehead atoms. The first kappa shape index (κ1) is 13.7. The number of aryl methyl sites for hydroxylation is 1. The number of rotatable bonds is 7. The highest BCUT2D eigenvalue weighted by Crippen LogP contribution is 2.05. The standard InChI is InChI=1S/C14H21NO2/c1-3-5-6-7-14(16)17-11-12-8-9-13(4-2)15-10-12/h8-10H,3-7,11H2,1-2H3. The Balaban J connectivity index is 2.27. The van der Waals surface area contributed by atoms with Crippen molar-refractivity contribution in [2.45, 2.75) is 52.6 Å². The lowest BCUT2D eigenvalue weighted by molar-refractivity contribution is -0.145. The third-order valence-electron chi connectivity index (χ3n) is 2.63. The minimum Gasteiger partial charge on any atom is -0.461 e. The third kappa shape index (κ3) is 5.48. The van der Waals surface area contributed by atoms with Crippen LogP contribution in [-0.4, -0.2) is 11.0 Å². The number of pyridine rings is 1. The van der Waals surface area contributed by atoms with Crippen molar-refractivity contribution >= 4 is 5.97 Å². The van der Waals surface area contributed by atoms with Crippen molar-refractivity contribution in [3.8, 4) is 0 Å². The van der Waals surface area contributed by atoms with Crippen LogP contribution in [0, 0.1) is 0 Å². The molecule has 0 saturated heterocycles. The van der Waals surface area contributed by atoms with Gasteiger partial charge in [-0.3, -0.25) is 9.78 Å². The van der Waals surface area contributed by atoms with Gasteiger partial charge in [0.2, 0.25) is 0 Å². The van der Waals surface area contributed by atoms with Gasteiger partial charge in [0.05, 0.1) is 0 Å². The van der Waals surface area contributed by atoms with Crippen LogP contribution in [0.4, 0.5) is 0 Å². The lowest BCUT2D eigenvalue weighted by Gasteiger charge is -2.05. The summed E-state index contributed by atoms with van der Waals surface area (Å²) >= 11 is 0. The summed E-state index contributed by atoms with van der Waals surface area (Å²) in [5.41, 5.74) is 2.01. The molecule has 0 fully saturated rings. The van der Waals surface area contributed by atoms with E-state index in [1.54, 1.807) is 6.20 Å². The Kier molecular flexibility index (Phi) is 6.30. The molecule has 1 rings (SSSR count). The molecule has 1 heterocycles. The van der Waals surface area contributed by atoms with Crippen LogP contribution in [0.15, 0.2) is 18.3 Å². The lowest BCUT2D eigenvalue weighted by Crippen LogP contribution is -2.04. The molecule has 0 aliphatic heterocycles. The molecule has 0 unspecified atom stereocenters. The van der Waals surface area contributed by atoms with Gasteiger partial charge in [-0.05, 0) is 18.9 Å². The molecule has 3 heteroatoms. The van der Waals surface area contributed by atoms with Gasteiger partial charge < -0.3 is 4.74 Å². The van der Waals surface area contributed by atoms with E-state index < -0.39 is 0 Å². The Morgan fingerprint density at radius 2 is 2.12 bits per heavy atom. The maximum absolute atomic E-state index is 11.4. The van der Waals surface area contributed by atoms with E-state index >= 15 is 0 Å². The summed E-state index contributed by atoms with van der Waals surface area (Å²) in [6.07, 6.45) is 6.35. The Morgan fingerprint density at radius 1 is 1.29 bits per heavy atom. The number of carbonyl (C=O) groups excluding carboxylic acids is 1. The molecule has 0 aliphatic carbocycles. The van der Waals surface area contributed by atoms with Gasteiger partial charge in [-0.1, -0.05) is 32.8 Å². The van der Waals surface area contributed by atoms with Crippen molar-refractivity contribution in [1.82, 2.24) is 4.98 Å². The van der Waals surface area contributed by atoms with Crippen molar-refractivity contribution in [3.05, 3.63) is 29.6 Å². The van der Waals surface area contributed by atoms with E-state index in [1.807, 2.05) is 12.1 Å². The Labute approximate surface area is 103 Å². The van der Waals surface area contributed by atoms with E-state index in [0.29, 0.717) is 13.0 Å². The van der Waals surface area contributed by atoms with Gasteiger partial charge in [0.25, 0.3) is 0 Å². The Hall–Kier alpha value is -1.38. The number of esters is 1. The predicted molar refractivity (Wildman–Crippen MR) is 67.6 cm³/mol. The van der Waals surface area contributed by atoms with Crippen molar-refractivity contribution in [1.29, 1.82) is 0 Å². The molecular weight excluding hydrogens is 214 g/mol. The number of aromatic nitrogens is 1. The largest absolute Gasteiger partial charge is 0.461 e. The number of hydrogen-bond donors (Lipinski definition) is 0. The maximum Gasteiger partial charge on any atom is 0.306 e. The fourth-order valence-corrected chi connectivity index (χ4v) is 1.50. The van der Waals surface area contributed by atoms with Crippen LogP contribution in [0.1, 0.15) is 50.8 Å². The number of ether oxygens (including phenoxy) is 1. The lowest BCUT2D eigenvalue weighted by atomic mass is 10.2. The summed E-state index contributed by atoms with van der Waals surface area (Å²) in [6, 6.07) is 3.94. The van der Waals surface area contributed by atoms with Crippen LogP contribution in [0.25, 0.3) is 0 Å². The molecule has 17 heavy (non-hydrogen) atoms. The normalized spacial score (nSPS) is 10.2. The van der Waals surface area contributed by atoms with E-state index in [1.165, 1.54) is 0 Å². The van der Waals surface area contributed by atoms with Crippen molar-refractivity contribution in [2.75, 3.05) is 0 Å². The summed E-state index contributed by atoms with van der Waals surface area (Å²) in [6.45, 7) is 4.52. The smallest absolute Gasteiger partial charge is 0.306 e. The summed E-state index contributed by atoms with van der Waals surface area (Å²) in [7, 11) is 0. The fourth-order valence-electron chi connectivity index (χ4n) is 1.50. The molecule has 1 aromatic heterocycles. The molecule has 0 N–H and O–H groups in total. The molecule has 1 aromatic rings. The van der Waals surface area contributed by atoms with Gasteiger partial charge in [-0.15, -0.1) is 0 Å². The summed E-state index contributed by atoms with van der Waals surface area (Å²) in [4.78, 5) is 15.6. The molecule has 3 nitrogen and oxygen atoms in total. The summed E-state index contributed by atoms with van der Waals surface area (Å²) in [5, 5.41) is 0. The second-order valence-corrected chi connectivity index (χ2v) is 4.13. The highest BCUT2D eigenvalue weighted by Gasteiger charge is 2.03. The highest BCUT2D eigenvalue weighted by atomic mass is 16.5. The fraction of sp³-hybridized carbons (Fsp3) is 0.571. The monoisotopic (exact) mass is 235 g/mol. The Morgan fingerprint density at radius 3 is 2.71 bits per heavy atom. The third-order valence-corrected chi connectivity index (χ3v) is 2.63. The number of hydrogen-bond acceptors (Lipinski definition) is 3. The molecule has 0 atom stereocenters. The zero-order valence-corrected chi connectivity index (χ0v) is 10.7. The van der Waals surface area contributed by atoms with E-state index in [2.05, 4.69) is 18.8 Å². The van der Waals surface area contributed by atoms with Crippen LogP contribution >= 0.6 is 0 Å². The molecule has 94 valence electrons. The average molecular weight is 235 g/mol. The number of nitrogens with zero attached hydrogens (tertiary/aromatic N) is 1. The van der Waals surface area contributed by atoms with Gasteiger partial charge in [0.1, 0.15) is 6.61 Å². The molecule has 0 spiro atoms. The number of unbranched alkanes of at least 4 members (excludes halogenated alkanes) is 2. The summed E-state index contributed by atoms with van der Waals surface area (Å²) in [5.74, 6) is -0.113. The zero-order chi connectivity index (χ0) is 12.5. The molecule has 0 aliphatic rings. The zero-order valence-electron chi connectivity index (χ0n) is 10.7. The summed E-state index contributed by atoms with van der Waals surface area (Å²) < 4.78 is 5.17. The first-order valence-corrected chi connectivity index (χ1v) is 6.35. The van der Waals surface area contributed by atoms with Crippen molar-refractivity contribution in [3.63, 3.8) is 0 Å². The van der Waals surface area contributed by atoms with Crippen LogP contribution in [0.3, 0.4) is 0 Å². The van der Waals surface area contributed by atoms with Crippen LogP contribution in [0.2, 0.25) is 0 Å². The maximum atomic E-state index is 11.4. The molecular formula is C14H21NO2. The van der Waals surface area contributed by atoms with Crippen molar-refractivity contribution < 1.29 is 9.53 Å².